The van der Waals surface area contributed by atoms with Crippen molar-refractivity contribution in [3.05, 3.63) is 46.7 Å². The molecule has 0 radical (unpaired) electrons. The number of nitrogens with zero attached hydrogens (tertiary/aromatic N) is 3. The van der Waals surface area contributed by atoms with Crippen LogP contribution in [0.5, 0.6) is 0 Å². The predicted molar refractivity (Wildman–Crippen MR) is 78.5 cm³/mol. The van der Waals surface area contributed by atoms with Crippen molar-refractivity contribution in [2.24, 2.45) is 0 Å². The Hall–Kier alpha value is -2.05. The van der Waals surface area contributed by atoms with E-state index in [1.165, 1.54) is 0 Å². The van der Waals surface area contributed by atoms with E-state index in [9.17, 15) is 5.26 Å². The molecule has 0 unspecified atom stereocenters. The van der Waals surface area contributed by atoms with Gasteiger partial charge in [-0.25, -0.2) is 4.98 Å². The molecule has 0 amide bonds. The fourth-order valence-electron chi connectivity index (χ4n) is 1.98. The Morgan fingerprint density at radius 1 is 1.21 bits per heavy atom. The van der Waals surface area contributed by atoms with E-state index >= 15 is 0 Å². The van der Waals surface area contributed by atoms with Gasteiger partial charge in [0.1, 0.15) is 11.2 Å². The summed E-state index contributed by atoms with van der Waals surface area (Å²) >= 11 is 5.99. The lowest BCUT2D eigenvalue weighted by molar-refractivity contribution is 1.13. The van der Waals surface area contributed by atoms with Gasteiger partial charge in [0.2, 0.25) is 0 Å². The Kier molecular flexibility index (Phi) is 3.73. The highest BCUT2D eigenvalue weighted by Gasteiger charge is 2.13. The quantitative estimate of drug-likeness (QED) is 0.783. The number of hydrogen-bond donors (Lipinski definition) is 0. The summed E-state index contributed by atoms with van der Waals surface area (Å²) in [4.78, 5) is 6.05. The van der Waals surface area contributed by atoms with Gasteiger partial charge in [0.05, 0.1) is 5.56 Å². The van der Waals surface area contributed by atoms with Gasteiger partial charge in [0.15, 0.2) is 0 Å². The summed E-state index contributed by atoms with van der Waals surface area (Å²) in [7, 11) is 3.98. The van der Waals surface area contributed by atoms with Crippen molar-refractivity contribution in [2.45, 2.75) is 6.92 Å². The third kappa shape index (κ3) is 2.54. The molecule has 0 atom stereocenters. The first kappa shape index (κ1) is 13.4. The molecule has 19 heavy (non-hydrogen) atoms. The smallest absolute Gasteiger partial charge is 0.147 e. The van der Waals surface area contributed by atoms with Crippen LogP contribution >= 0.6 is 11.6 Å². The Balaban J connectivity index is 2.59. The minimum absolute atomic E-state index is 0.250. The first-order valence-electron chi connectivity index (χ1n) is 5.87. The second-order valence-electron chi connectivity index (χ2n) is 4.54. The van der Waals surface area contributed by atoms with Crippen LogP contribution in [0.4, 0.5) is 5.69 Å². The molecule has 0 aliphatic carbocycles. The molecular formula is C15H14ClN3. The van der Waals surface area contributed by atoms with Gasteiger partial charge in [-0.1, -0.05) is 23.7 Å². The number of rotatable bonds is 2. The summed E-state index contributed by atoms with van der Waals surface area (Å²) in [5, 5.41) is 9.49. The fourth-order valence-corrected chi connectivity index (χ4v) is 2.17. The van der Waals surface area contributed by atoms with Crippen LogP contribution < -0.4 is 4.90 Å². The minimum Gasteiger partial charge on any atom is -0.378 e. The van der Waals surface area contributed by atoms with E-state index < -0.39 is 0 Å². The van der Waals surface area contributed by atoms with Crippen molar-refractivity contribution >= 4 is 17.3 Å². The van der Waals surface area contributed by atoms with Gasteiger partial charge < -0.3 is 4.90 Å². The molecule has 0 saturated carbocycles. The Bertz CT molecular complexity index is 640. The van der Waals surface area contributed by atoms with Crippen molar-refractivity contribution in [1.82, 2.24) is 4.98 Å². The first-order chi connectivity index (χ1) is 9.04. The molecule has 0 saturated heterocycles. The first-order valence-corrected chi connectivity index (χ1v) is 6.25. The summed E-state index contributed by atoms with van der Waals surface area (Å²) < 4.78 is 0. The van der Waals surface area contributed by atoms with Crippen LogP contribution in [0.15, 0.2) is 30.5 Å². The van der Waals surface area contributed by atoms with Crippen LogP contribution in [0.3, 0.4) is 0 Å². The number of halogens is 1. The largest absolute Gasteiger partial charge is 0.378 e. The van der Waals surface area contributed by atoms with Crippen LogP contribution in [0.1, 0.15) is 11.1 Å². The Morgan fingerprint density at radius 2 is 1.84 bits per heavy atom. The van der Waals surface area contributed by atoms with Crippen molar-refractivity contribution < 1.29 is 0 Å². The number of aryl methyl sites for hydroxylation is 1. The lowest BCUT2D eigenvalue weighted by Crippen LogP contribution is -2.08. The van der Waals surface area contributed by atoms with Crippen molar-refractivity contribution in [3.8, 4) is 17.2 Å². The molecule has 0 spiro atoms. The van der Waals surface area contributed by atoms with Crippen LogP contribution in [-0.4, -0.2) is 19.1 Å². The molecule has 2 aromatic rings. The zero-order valence-electron chi connectivity index (χ0n) is 11.1. The normalized spacial score (nSPS) is 10.1. The number of anilines is 1. The number of benzene rings is 1. The van der Waals surface area contributed by atoms with Crippen LogP contribution in [0, 0.1) is 18.3 Å². The molecule has 4 heteroatoms. The molecular weight excluding hydrogens is 258 g/mol. The van der Waals surface area contributed by atoms with Crippen LogP contribution in [-0.2, 0) is 0 Å². The van der Waals surface area contributed by atoms with E-state index in [1.54, 1.807) is 6.20 Å². The summed E-state index contributed by atoms with van der Waals surface area (Å²) in [5.74, 6) is 0. The molecule has 1 aromatic heterocycles. The second kappa shape index (κ2) is 5.29. The molecule has 0 aliphatic heterocycles. The van der Waals surface area contributed by atoms with E-state index in [1.807, 2.05) is 50.2 Å². The van der Waals surface area contributed by atoms with E-state index in [4.69, 9.17) is 11.6 Å². The molecule has 1 heterocycles. The van der Waals surface area contributed by atoms with Crippen molar-refractivity contribution in [2.75, 3.05) is 19.0 Å². The highest BCUT2D eigenvalue weighted by atomic mass is 35.5. The average Bonchev–Trinajstić information content (AvgIpc) is 2.41. The van der Waals surface area contributed by atoms with Crippen molar-refractivity contribution in [1.29, 1.82) is 5.26 Å². The zero-order chi connectivity index (χ0) is 14.0. The second-order valence-corrected chi connectivity index (χ2v) is 4.89. The lowest BCUT2D eigenvalue weighted by atomic mass is 9.98. The summed E-state index contributed by atoms with van der Waals surface area (Å²) in [6.07, 6.45) is 1.69. The molecule has 0 bridgehead atoms. The molecule has 3 nitrogen and oxygen atoms in total. The number of aromatic nitrogens is 1. The van der Waals surface area contributed by atoms with Gasteiger partial charge in [-0.3, -0.25) is 0 Å². The lowest BCUT2D eigenvalue weighted by Gasteiger charge is -2.14. The highest BCUT2D eigenvalue weighted by Crippen LogP contribution is 2.31. The number of hydrogen-bond acceptors (Lipinski definition) is 3. The maximum absolute atomic E-state index is 9.25. The van der Waals surface area contributed by atoms with Gasteiger partial charge in [0, 0.05) is 31.5 Å². The van der Waals surface area contributed by atoms with Gasteiger partial charge in [-0.2, -0.15) is 5.26 Å². The third-order valence-electron chi connectivity index (χ3n) is 3.01. The maximum Gasteiger partial charge on any atom is 0.147 e. The summed E-state index contributed by atoms with van der Waals surface area (Å²) in [5.41, 5.74) is 4.31. The fraction of sp³-hybridized carbons (Fsp3) is 0.200. The SMILES string of the molecule is Cc1cnc(Cl)c(C#N)c1-c1ccc(N(C)C)cc1. The number of nitriles is 1. The molecule has 0 aliphatic rings. The van der Waals surface area contributed by atoms with Gasteiger partial charge in [0.25, 0.3) is 0 Å². The van der Waals surface area contributed by atoms with Crippen LogP contribution in [0.25, 0.3) is 11.1 Å². The number of pyridine rings is 1. The Morgan fingerprint density at radius 3 is 2.37 bits per heavy atom. The van der Waals surface area contributed by atoms with E-state index in [-0.39, 0.29) is 5.15 Å². The topological polar surface area (TPSA) is 39.9 Å². The predicted octanol–water partition coefficient (Wildman–Crippen LogP) is 3.65. The third-order valence-corrected chi connectivity index (χ3v) is 3.29. The van der Waals surface area contributed by atoms with Gasteiger partial charge in [-0.15, -0.1) is 0 Å². The maximum atomic E-state index is 9.25. The molecule has 1 aromatic carbocycles. The molecule has 0 N–H and O–H groups in total. The van der Waals surface area contributed by atoms with Crippen LogP contribution in [0.2, 0.25) is 5.15 Å². The van der Waals surface area contributed by atoms with Gasteiger partial charge in [-0.05, 0) is 30.2 Å². The standard InChI is InChI=1S/C15H14ClN3/c1-10-9-18-15(16)13(8-17)14(10)11-4-6-12(7-5-11)19(2)3/h4-7,9H,1-3H3. The van der Waals surface area contributed by atoms with Crippen molar-refractivity contribution in [3.63, 3.8) is 0 Å². The summed E-state index contributed by atoms with van der Waals surface area (Å²) in [6.45, 7) is 1.93. The van der Waals surface area contributed by atoms with E-state index in [0.29, 0.717) is 5.56 Å². The highest BCUT2D eigenvalue weighted by molar-refractivity contribution is 6.31. The molecule has 0 fully saturated rings. The summed E-state index contributed by atoms with van der Waals surface area (Å²) in [6, 6.07) is 10.2. The molecule has 2 rings (SSSR count). The molecule has 96 valence electrons. The van der Waals surface area contributed by atoms with E-state index in [2.05, 4.69) is 11.1 Å². The minimum atomic E-state index is 0.250. The van der Waals surface area contributed by atoms with Gasteiger partial charge >= 0.3 is 0 Å². The van der Waals surface area contributed by atoms with E-state index in [0.717, 1.165) is 22.4 Å². The zero-order valence-corrected chi connectivity index (χ0v) is 11.9. The Labute approximate surface area is 118 Å². The monoisotopic (exact) mass is 271 g/mol. The average molecular weight is 272 g/mol.